The first-order valence-corrected chi connectivity index (χ1v) is 13.0. The molecule has 200 valence electrons. The van der Waals surface area contributed by atoms with Crippen LogP contribution in [0, 0.1) is 0 Å². The number of rotatable bonds is 8. The van der Waals surface area contributed by atoms with Gasteiger partial charge in [-0.3, -0.25) is 9.69 Å². The Kier molecular flexibility index (Phi) is 7.74. The van der Waals surface area contributed by atoms with E-state index in [9.17, 15) is 9.59 Å². The molecule has 0 spiro atoms. The number of aliphatic imine (C=N–C) groups is 1. The predicted octanol–water partition coefficient (Wildman–Crippen LogP) is 5.41. The SMILES string of the molecule is CCN1C(=O)/C(=C\c2ccc(OCc3ccc4c(c3)OCO4)c(OC)c2)SC1=Nc1ccc(C(=O)OC)cc1. The average molecular weight is 547 g/mol. The molecule has 39 heavy (non-hydrogen) atoms. The summed E-state index contributed by atoms with van der Waals surface area (Å²) in [6.07, 6.45) is 1.81. The van der Waals surface area contributed by atoms with Crippen molar-refractivity contribution in [3.63, 3.8) is 0 Å². The van der Waals surface area contributed by atoms with Gasteiger partial charge in [-0.1, -0.05) is 12.1 Å². The van der Waals surface area contributed by atoms with E-state index in [1.54, 1.807) is 36.3 Å². The van der Waals surface area contributed by atoms with Crippen LogP contribution in [0.4, 0.5) is 5.69 Å². The number of fused-ring (bicyclic) bond motifs is 1. The van der Waals surface area contributed by atoms with Crippen LogP contribution in [0.15, 0.2) is 70.6 Å². The lowest BCUT2D eigenvalue weighted by Crippen LogP contribution is -2.28. The van der Waals surface area contributed by atoms with E-state index in [2.05, 4.69) is 4.99 Å². The third-order valence-electron chi connectivity index (χ3n) is 6.03. The highest BCUT2D eigenvalue weighted by atomic mass is 32.2. The van der Waals surface area contributed by atoms with Crippen molar-refractivity contribution >= 4 is 40.6 Å². The number of carbonyl (C=O) groups is 2. The van der Waals surface area contributed by atoms with Crippen LogP contribution < -0.4 is 18.9 Å². The summed E-state index contributed by atoms with van der Waals surface area (Å²) in [6, 6.07) is 17.9. The number of ether oxygens (including phenoxy) is 5. The van der Waals surface area contributed by atoms with E-state index in [1.807, 2.05) is 49.4 Å². The number of thioether (sulfide) groups is 1. The Morgan fingerprint density at radius 1 is 1.03 bits per heavy atom. The second kappa shape index (κ2) is 11.5. The number of esters is 1. The van der Waals surface area contributed by atoms with E-state index in [4.69, 9.17) is 23.7 Å². The fourth-order valence-electron chi connectivity index (χ4n) is 4.01. The number of nitrogens with zero attached hydrogens (tertiary/aromatic N) is 2. The van der Waals surface area contributed by atoms with E-state index < -0.39 is 5.97 Å². The fraction of sp³-hybridized carbons (Fsp3) is 0.207. The van der Waals surface area contributed by atoms with Crippen molar-refractivity contribution in [3.05, 3.63) is 82.3 Å². The maximum absolute atomic E-state index is 13.1. The van der Waals surface area contributed by atoms with Gasteiger partial charge in [0.1, 0.15) is 6.61 Å². The van der Waals surface area contributed by atoms with Gasteiger partial charge in [0.05, 0.1) is 30.4 Å². The molecule has 0 aromatic heterocycles. The van der Waals surface area contributed by atoms with Crippen molar-refractivity contribution in [2.75, 3.05) is 27.6 Å². The molecule has 0 radical (unpaired) electrons. The number of amidine groups is 1. The van der Waals surface area contributed by atoms with Crippen molar-refractivity contribution in [2.24, 2.45) is 4.99 Å². The molecular weight excluding hydrogens is 520 g/mol. The predicted molar refractivity (Wildman–Crippen MR) is 148 cm³/mol. The van der Waals surface area contributed by atoms with Crippen LogP contribution in [0.3, 0.4) is 0 Å². The summed E-state index contributed by atoms with van der Waals surface area (Å²) in [5, 5.41) is 0.565. The number of methoxy groups -OCH3 is 2. The molecule has 10 heteroatoms. The molecule has 1 amide bonds. The normalized spacial score (nSPS) is 16.2. The lowest BCUT2D eigenvalue weighted by molar-refractivity contribution is -0.122. The van der Waals surface area contributed by atoms with E-state index >= 15 is 0 Å². The second-order valence-corrected chi connectivity index (χ2v) is 9.49. The van der Waals surface area contributed by atoms with Crippen LogP contribution in [-0.4, -0.2) is 49.5 Å². The topological polar surface area (TPSA) is 95.9 Å². The minimum Gasteiger partial charge on any atom is -0.493 e. The van der Waals surface area contributed by atoms with Crippen LogP contribution in [-0.2, 0) is 16.1 Å². The highest BCUT2D eigenvalue weighted by Crippen LogP contribution is 2.37. The molecule has 2 aliphatic heterocycles. The van der Waals surface area contributed by atoms with Crippen LogP contribution in [0.1, 0.15) is 28.4 Å². The molecule has 0 aliphatic carbocycles. The summed E-state index contributed by atoms with van der Waals surface area (Å²) < 4.78 is 27.1. The number of hydrogen-bond donors (Lipinski definition) is 0. The van der Waals surface area contributed by atoms with Crippen LogP contribution in [0.2, 0.25) is 0 Å². The van der Waals surface area contributed by atoms with Crippen LogP contribution in [0.25, 0.3) is 6.08 Å². The van der Waals surface area contributed by atoms with E-state index in [-0.39, 0.29) is 12.7 Å². The molecule has 1 saturated heterocycles. The Balaban J connectivity index is 1.31. The fourth-order valence-corrected chi connectivity index (χ4v) is 5.07. The number of benzene rings is 3. The van der Waals surface area contributed by atoms with E-state index in [0.29, 0.717) is 51.7 Å². The average Bonchev–Trinajstić information content (AvgIpc) is 3.55. The standard InChI is InChI=1S/C29H26N2O7S/c1-4-31-27(32)26(39-29(31)30-21-9-7-20(8-10-21)28(33)35-3)15-18-5-11-22(24(13-18)34-2)36-16-19-6-12-23-25(14-19)38-17-37-23/h5-15H,4,16-17H2,1-3H3/b26-15+,30-29?. The molecule has 0 atom stereocenters. The zero-order valence-corrected chi connectivity index (χ0v) is 22.4. The highest BCUT2D eigenvalue weighted by Gasteiger charge is 2.32. The van der Waals surface area contributed by atoms with Gasteiger partial charge in [-0.25, -0.2) is 9.79 Å². The second-order valence-electron chi connectivity index (χ2n) is 8.48. The molecule has 3 aromatic rings. The summed E-state index contributed by atoms with van der Waals surface area (Å²) in [6.45, 7) is 2.91. The van der Waals surface area contributed by atoms with Gasteiger partial charge in [0, 0.05) is 6.54 Å². The lowest BCUT2D eigenvalue weighted by atomic mass is 10.1. The molecular formula is C29H26N2O7S. The smallest absolute Gasteiger partial charge is 0.337 e. The molecule has 2 heterocycles. The van der Waals surface area contributed by atoms with Crippen molar-refractivity contribution < 1.29 is 33.3 Å². The summed E-state index contributed by atoms with van der Waals surface area (Å²) in [5.41, 5.74) is 2.79. The quantitative estimate of drug-likeness (QED) is 0.273. The Hall–Kier alpha value is -4.44. The molecule has 0 saturated carbocycles. The largest absolute Gasteiger partial charge is 0.493 e. The highest BCUT2D eigenvalue weighted by molar-refractivity contribution is 8.18. The van der Waals surface area contributed by atoms with Gasteiger partial charge in [0.15, 0.2) is 28.2 Å². The molecule has 1 fully saturated rings. The number of amides is 1. The van der Waals surface area contributed by atoms with Gasteiger partial charge in [-0.05, 0) is 84.4 Å². The van der Waals surface area contributed by atoms with Gasteiger partial charge in [0.2, 0.25) is 6.79 Å². The van der Waals surface area contributed by atoms with Gasteiger partial charge in [-0.15, -0.1) is 0 Å². The Bertz CT molecular complexity index is 1470. The van der Waals surface area contributed by atoms with Crippen molar-refractivity contribution in [2.45, 2.75) is 13.5 Å². The molecule has 3 aromatic carbocycles. The Morgan fingerprint density at radius 2 is 1.82 bits per heavy atom. The molecule has 0 N–H and O–H groups in total. The van der Waals surface area contributed by atoms with Crippen LogP contribution >= 0.6 is 11.8 Å². The molecule has 0 bridgehead atoms. The van der Waals surface area contributed by atoms with E-state index in [1.165, 1.54) is 18.9 Å². The first-order chi connectivity index (χ1) is 19.0. The Morgan fingerprint density at radius 3 is 2.56 bits per heavy atom. The van der Waals surface area contributed by atoms with Crippen molar-refractivity contribution in [3.8, 4) is 23.0 Å². The third kappa shape index (κ3) is 5.70. The summed E-state index contributed by atoms with van der Waals surface area (Å²) >= 11 is 1.29. The molecule has 0 unspecified atom stereocenters. The van der Waals surface area contributed by atoms with Gasteiger partial charge < -0.3 is 23.7 Å². The maximum Gasteiger partial charge on any atom is 0.337 e. The number of hydrogen-bond acceptors (Lipinski definition) is 9. The summed E-state index contributed by atoms with van der Waals surface area (Å²) in [5.74, 6) is 2.00. The van der Waals surface area contributed by atoms with Crippen molar-refractivity contribution in [1.82, 2.24) is 4.90 Å². The third-order valence-corrected chi connectivity index (χ3v) is 7.04. The first kappa shape index (κ1) is 26.2. The van der Waals surface area contributed by atoms with E-state index in [0.717, 1.165) is 16.9 Å². The van der Waals surface area contributed by atoms with Crippen LogP contribution in [0.5, 0.6) is 23.0 Å². The lowest BCUT2D eigenvalue weighted by Gasteiger charge is -2.12. The number of carbonyl (C=O) groups excluding carboxylic acids is 2. The minimum absolute atomic E-state index is 0.130. The monoisotopic (exact) mass is 546 g/mol. The molecule has 5 rings (SSSR count). The number of likely N-dealkylation sites (N-methyl/N-ethyl adjacent to an activating group) is 1. The Labute approximate surface area is 230 Å². The summed E-state index contributed by atoms with van der Waals surface area (Å²) in [7, 11) is 2.91. The minimum atomic E-state index is -0.417. The zero-order valence-electron chi connectivity index (χ0n) is 21.6. The molecule has 2 aliphatic rings. The van der Waals surface area contributed by atoms with Gasteiger partial charge >= 0.3 is 5.97 Å². The van der Waals surface area contributed by atoms with Gasteiger partial charge in [0.25, 0.3) is 5.91 Å². The van der Waals surface area contributed by atoms with Gasteiger partial charge in [-0.2, -0.15) is 0 Å². The maximum atomic E-state index is 13.1. The summed E-state index contributed by atoms with van der Waals surface area (Å²) in [4.78, 5) is 31.6. The van der Waals surface area contributed by atoms with Crippen molar-refractivity contribution in [1.29, 1.82) is 0 Å². The first-order valence-electron chi connectivity index (χ1n) is 12.2. The zero-order chi connectivity index (χ0) is 27.4. The molecule has 9 nitrogen and oxygen atoms in total.